The fourth-order valence-corrected chi connectivity index (χ4v) is 2.45. The molecular weight excluding hydrogens is 228 g/mol. The lowest BCUT2D eigenvalue weighted by Crippen LogP contribution is -2.38. The zero-order chi connectivity index (χ0) is 13.1. The van der Waals surface area contributed by atoms with Gasteiger partial charge in [0.15, 0.2) is 0 Å². The van der Waals surface area contributed by atoms with Crippen molar-refractivity contribution in [1.82, 2.24) is 5.01 Å². The molecule has 1 aliphatic heterocycles. The molecule has 1 aliphatic rings. The molecule has 106 valence electrons. The van der Waals surface area contributed by atoms with E-state index in [9.17, 15) is 4.91 Å². The van der Waals surface area contributed by atoms with E-state index in [1.54, 1.807) is 5.01 Å². The fourth-order valence-electron chi connectivity index (χ4n) is 2.45. The lowest BCUT2D eigenvalue weighted by Gasteiger charge is -2.30. The molecule has 0 spiro atoms. The van der Waals surface area contributed by atoms with E-state index in [2.05, 4.69) is 12.2 Å². The Morgan fingerprint density at radius 3 is 2.44 bits per heavy atom. The Labute approximate surface area is 111 Å². The number of nitroso groups, excluding NO2 is 1. The first-order valence-electron chi connectivity index (χ1n) is 7.60. The van der Waals surface area contributed by atoms with Crippen LogP contribution >= 0.6 is 0 Å². The second-order valence-corrected chi connectivity index (χ2v) is 5.19. The molecule has 0 bridgehead atoms. The topological polar surface area (TPSA) is 41.9 Å². The van der Waals surface area contributed by atoms with Crippen molar-refractivity contribution in [3.05, 3.63) is 4.91 Å². The van der Waals surface area contributed by atoms with Gasteiger partial charge in [-0.1, -0.05) is 51.9 Å². The van der Waals surface area contributed by atoms with Gasteiger partial charge in [-0.15, -0.1) is 4.91 Å². The van der Waals surface area contributed by atoms with E-state index in [-0.39, 0.29) is 6.23 Å². The van der Waals surface area contributed by atoms with E-state index in [1.807, 2.05) is 0 Å². The van der Waals surface area contributed by atoms with Crippen LogP contribution in [-0.4, -0.2) is 24.4 Å². The Bertz CT molecular complexity index is 212. The van der Waals surface area contributed by atoms with Crippen LogP contribution in [0.3, 0.4) is 0 Å². The molecule has 1 rings (SSSR count). The van der Waals surface area contributed by atoms with E-state index in [1.165, 1.54) is 44.9 Å². The van der Waals surface area contributed by atoms with Gasteiger partial charge >= 0.3 is 0 Å². The molecule has 0 saturated carbocycles. The van der Waals surface area contributed by atoms with E-state index < -0.39 is 0 Å². The number of hydrogen-bond donors (Lipinski definition) is 0. The molecule has 1 heterocycles. The maximum absolute atomic E-state index is 10.6. The average molecular weight is 256 g/mol. The van der Waals surface area contributed by atoms with Gasteiger partial charge in [-0.05, 0) is 19.3 Å². The summed E-state index contributed by atoms with van der Waals surface area (Å²) in [5.41, 5.74) is 0. The van der Waals surface area contributed by atoms with Crippen LogP contribution in [-0.2, 0) is 4.74 Å². The van der Waals surface area contributed by atoms with Crippen molar-refractivity contribution in [3.8, 4) is 0 Å². The van der Waals surface area contributed by atoms with Gasteiger partial charge in [0.25, 0.3) is 0 Å². The second kappa shape index (κ2) is 10.3. The Morgan fingerprint density at radius 2 is 1.78 bits per heavy atom. The SMILES string of the molecule is CCCCCCCCCCC1OCCCN1N=O. The summed E-state index contributed by atoms with van der Waals surface area (Å²) in [6.45, 7) is 3.77. The highest BCUT2D eigenvalue weighted by molar-refractivity contribution is 4.64. The highest BCUT2D eigenvalue weighted by atomic mass is 16.5. The van der Waals surface area contributed by atoms with E-state index >= 15 is 0 Å². The summed E-state index contributed by atoms with van der Waals surface area (Å²) in [6.07, 6.45) is 12.3. The van der Waals surface area contributed by atoms with E-state index in [4.69, 9.17) is 4.74 Å². The average Bonchev–Trinajstić information content (AvgIpc) is 2.42. The number of nitrogens with zero attached hydrogens (tertiary/aromatic N) is 2. The molecule has 1 fully saturated rings. The summed E-state index contributed by atoms with van der Waals surface area (Å²) in [5, 5.41) is 4.60. The van der Waals surface area contributed by atoms with Crippen molar-refractivity contribution >= 4 is 0 Å². The molecule has 1 saturated heterocycles. The van der Waals surface area contributed by atoms with Crippen LogP contribution in [0.25, 0.3) is 0 Å². The van der Waals surface area contributed by atoms with Crippen LogP contribution in [0, 0.1) is 4.91 Å². The molecule has 0 aromatic carbocycles. The van der Waals surface area contributed by atoms with Crippen LogP contribution in [0.2, 0.25) is 0 Å². The molecule has 1 unspecified atom stereocenters. The van der Waals surface area contributed by atoms with Crippen LogP contribution in [0.4, 0.5) is 0 Å². The van der Waals surface area contributed by atoms with Crippen LogP contribution in [0.15, 0.2) is 5.29 Å². The van der Waals surface area contributed by atoms with Gasteiger partial charge in [-0.3, -0.25) is 0 Å². The van der Waals surface area contributed by atoms with E-state index in [0.29, 0.717) is 0 Å². The van der Waals surface area contributed by atoms with Crippen LogP contribution in [0.1, 0.15) is 71.1 Å². The predicted molar refractivity (Wildman–Crippen MR) is 74.1 cm³/mol. The third-order valence-electron chi connectivity index (χ3n) is 3.58. The van der Waals surface area contributed by atoms with Crippen LogP contribution < -0.4 is 0 Å². The van der Waals surface area contributed by atoms with Gasteiger partial charge in [0.1, 0.15) is 6.23 Å². The van der Waals surface area contributed by atoms with Crippen molar-refractivity contribution in [2.45, 2.75) is 77.4 Å². The third kappa shape index (κ3) is 6.34. The van der Waals surface area contributed by atoms with Gasteiger partial charge < -0.3 is 4.74 Å². The predicted octanol–water partition coefficient (Wildman–Crippen LogP) is 4.25. The number of hydrogen-bond acceptors (Lipinski definition) is 3. The molecule has 0 aromatic heterocycles. The zero-order valence-corrected chi connectivity index (χ0v) is 11.8. The van der Waals surface area contributed by atoms with Crippen molar-refractivity contribution < 1.29 is 4.74 Å². The quantitative estimate of drug-likeness (QED) is 0.433. The first-order chi connectivity index (χ1) is 8.88. The first kappa shape index (κ1) is 15.4. The lowest BCUT2D eigenvalue weighted by atomic mass is 10.1. The van der Waals surface area contributed by atoms with Gasteiger partial charge in [-0.25, -0.2) is 5.01 Å². The van der Waals surface area contributed by atoms with Gasteiger partial charge in [0, 0.05) is 6.54 Å². The third-order valence-corrected chi connectivity index (χ3v) is 3.58. The normalized spacial score (nSPS) is 20.1. The Hall–Kier alpha value is -0.640. The minimum Gasteiger partial charge on any atom is -0.357 e. The Morgan fingerprint density at radius 1 is 1.11 bits per heavy atom. The monoisotopic (exact) mass is 256 g/mol. The number of unbranched alkanes of at least 4 members (excludes halogenated alkanes) is 7. The highest BCUT2D eigenvalue weighted by Crippen LogP contribution is 2.17. The Kier molecular flexibility index (Phi) is 8.82. The molecule has 4 nitrogen and oxygen atoms in total. The summed E-state index contributed by atoms with van der Waals surface area (Å²) in [5.74, 6) is 0. The molecule has 1 atom stereocenters. The standard InChI is InChI=1S/C14H28N2O2/c1-2-3-4-5-6-7-8-9-11-14-16(15-17)12-10-13-18-14/h14H,2-13H2,1H3. The largest absolute Gasteiger partial charge is 0.357 e. The molecule has 0 amide bonds. The molecule has 18 heavy (non-hydrogen) atoms. The maximum atomic E-state index is 10.6. The van der Waals surface area contributed by atoms with Crippen molar-refractivity contribution in [2.24, 2.45) is 5.29 Å². The van der Waals surface area contributed by atoms with Crippen molar-refractivity contribution in [1.29, 1.82) is 0 Å². The minimum atomic E-state index is -0.0589. The summed E-state index contributed by atoms with van der Waals surface area (Å²) in [4.78, 5) is 10.6. The molecule has 4 heteroatoms. The maximum Gasteiger partial charge on any atom is 0.148 e. The van der Waals surface area contributed by atoms with Crippen molar-refractivity contribution in [3.63, 3.8) is 0 Å². The summed E-state index contributed by atoms with van der Waals surface area (Å²) in [7, 11) is 0. The number of ether oxygens (including phenoxy) is 1. The van der Waals surface area contributed by atoms with Crippen molar-refractivity contribution in [2.75, 3.05) is 13.2 Å². The highest BCUT2D eigenvalue weighted by Gasteiger charge is 2.21. The van der Waals surface area contributed by atoms with Gasteiger partial charge in [0.2, 0.25) is 0 Å². The molecular formula is C14H28N2O2. The summed E-state index contributed by atoms with van der Waals surface area (Å²) >= 11 is 0. The second-order valence-electron chi connectivity index (χ2n) is 5.19. The Balaban J connectivity index is 1.94. The fraction of sp³-hybridized carbons (Fsp3) is 1.00. The van der Waals surface area contributed by atoms with Gasteiger partial charge in [-0.2, -0.15) is 0 Å². The smallest absolute Gasteiger partial charge is 0.148 e. The summed E-state index contributed by atoms with van der Waals surface area (Å²) in [6, 6.07) is 0. The van der Waals surface area contributed by atoms with E-state index in [0.717, 1.165) is 32.4 Å². The van der Waals surface area contributed by atoms with Gasteiger partial charge in [0.05, 0.1) is 11.9 Å². The molecule has 0 radical (unpaired) electrons. The first-order valence-corrected chi connectivity index (χ1v) is 7.60. The van der Waals surface area contributed by atoms with Crippen LogP contribution in [0.5, 0.6) is 0 Å². The zero-order valence-electron chi connectivity index (χ0n) is 11.8. The molecule has 0 aliphatic carbocycles. The molecule has 0 aromatic rings. The minimum absolute atomic E-state index is 0.0589. The summed E-state index contributed by atoms with van der Waals surface area (Å²) < 4.78 is 5.57. The number of rotatable bonds is 10. The molecule has 0 N–H and O–H groups in total. The lowest BCUT2D eigenvalue weighted by molar-refractivity contribution is -0.0999.